The number of aliphatic carboxylic acids is 1. The van der Waals surface area contributed by atoms with Crippen LogP contribution in [0.1, 0.15) is 19.4 Å². The van der Waals surface area contributed by atoms with Gasteiger partial charge >= 0.3 is 5.97 Å². The summed E-state index contributed by atoms with van der Waals surface area (Å²) in [7, 11) is 0. The Balaban J connectivity index is 2.68. The van der Waals surface area contributed by atoms with Crippen molar-refractivity contribution in [1.29, 1.82) is 0 Å². The van der Waals surface area contributed by atoms with Crippen molar-refractivity contribution in [3.8, 4) is 5.75 Å². The minimum atomic E-state index is -0.795. The van der Waals surface area contributed by atoms with Crippen molar-refractivity contribution in [1.82, 2.24) is 4.98 Å². The zero-order chi connectivity index (χ0) is 11.3. The summed E-state index contributed by atoms with van der Waals surface area (Å²) in [4.78, 5) is 14.7. The molecule has 0 fully saturated rings. The summed E-state index contributed by atoms with van der Waals surface area (Å²) in [6.45, 7) is 4.15. The molecule has 0 aliphatic rings. The van der Waals surface area contributed by atoms with Gasteiger partial charge in [-0.25, -0.2) is 0 Å². The van der Waals surface area contributed by atoms with Crippen molar-refractivity contribution < 1.29 is 14.6 Å². The van der Waals surface area contributed by atoms with Crippen molar-refractivity contribution in [3.63, 3.8) is 0 Å². The highest BCUT2D eigenvalue weighted by Crippen LogP contribution is 2.14. The molecule has 0 saturated heterocycles. The maximum absolute atomic E-state index is 10.7. The molecule has 1 atom stereocenters. The number of carbonyl (C=O) groups is 1. The van der Waals surface area contributed by atoms with Gasteiger partial charge in [-0.3, -0.25) is 9.78 Å². The molecule has 0 bridgehead atoms. The van der Waals surface area contributed by atoms with Crippen LogP contribution in [0, 0.1) is 5.92 Å². The Morgan fingerprint density at radius 3 is 2.93 bits per heavy atom. The first kappa shape index (κ1) is 11.5. The molecule has 0 aromatic carbocycles. The number of nitrogens with zero attached hydrogens (tertiary/aromatic N) is 1. The summed E-state index contributed by atoms with van der Waals surface area (Å²) in [5.74, 6) is -0.506. The number of ether oxygens (including phenoxy) is 1. The predicted molar refractivity (Wildman–Crippen MR) is 55.9 cm³/mol. The second-order valence-corrected chi connectivity index (χ2v) is 3.41. The Morgan fingerprint density at radius 1 is 1.60 bits per heavy atom. The van der Waals surface area contributed by atoms with E-state index in [2.05, 4.69) is 4.98 Å². The normalized spacial score (nSPS) is 12.1. The summed E-state index contributed by atoms with van der Waals surface area (Å²) in [6.07, 6.45) is 3.77. The van der Waals surface area contributed by atoms with Crippen molar-refractivity contribution >= 4 is 5.97 Å². The average Bonchev–Trinajstić information content (AvgIpc) is 2.18. The Kier molecular flexibility index (Phi) is 4.09. The summed E-state index contributed by atoms with van der Waals surface area (Å²) >= 11 is 0. The van der Waals surface area contributed by atoms with Gasteiger partial charge in [0, 0.05) is 6.20 Å². The number of rotatable bonds is 5. The van der Waals surface area contributed by atoms with E-state index in [0.29, 0.717) is 18.8 Å². The third-order valence-electron chi connectivity index (χ3n) is 2.04. The minimum Gasteiger partial charge on any atom is -0.492 e. The lowest BCUT2D eigenvalue weighted by molar-refractivity contribution is -0.141. The highest BCUT2D eigenvalue weighted by atomic mass is 16.5. The number of pyridine rings is 1. The van der Waals surface area contributed by atoms with Gasteiger partial charge in [-0.2, -0.15) is 0 Å². The van der Waals surface area contributed by atoms with Gasteiger partial charge in [0.25, 0.3) is 0 Å². The molecular formula is C11H15NO3. The highest BCUT2D eigenvalue weighted by Gasteiger charge is 2.11. The molecule has 0 spiro atoms. The molecule has 1 aromatic rings. The zero-order valence-electron chi connectivity index (χ0n) is 8.93. The maximum Gasteiger partial charge on any atom is 0.306 e. The van der Waals surface area contributed by atoms with Crippen LogP contribution in [-0.2, 0) is 11.2 Å². The van der Waals surface area contributed by atoms with E-state index in [-0.39, 0.29) is 0 Å². The summed E-state index contributed by atoms with van der Waals surface area (Å²) in [6, 6.07) is 1.83. The highest BCUT2D eigenvalue weighted by molar-refractivity contribution is 5.69. The lowest BCUT2D eigenvalue weighted by Crippen LogP contribution is -2.12. The van der Waals surface area contributed by atoms with E-state index < -0.39 is 11.9 Å². The van der Waals surface area contributed by atoms with Crippen LogP contribution in [0.4, 0.5) is 0 Å². The molecule has 15 heavy (non-hydrogen) atoms. The fourth-order valence-corrected chi connectivity index (χ4v) is 1.26. The van der Waals surface area contributed by atoms with Crippen LogP contribution in [0.2, 0.25) is 0 Å². The fourth-order valence-electron chi connectivity index (χ4n) is 1.26. The topological polar surface area (TPSA) is 59.4 Å². The van der Waals surface area contributed by atoms with Crippen LogP contribution in [0.5, 0.6) is 5.75 Å². The maximum atomic E-state index is 10.7. The van der Waals surface area contributed by atoms with Crippen LogP contribution < -0.4 is 4.74 Å². The van der Waals surface area contributed by atoms with E-state index >= 15 is 0 Å². The smallest absolute Gasteiger partial charge is 0.306 e. The number of hydrogen-bond donors (Lipinski definition) is 1. The van der Waals surface area contributed by atoms with E-state index in [1.54, 1.807) is 19.3 Å². The van der Waals surface area contributed by atoms with E-state index in [4.69, 9.17) is 9.84 Å². The number of aromatic nitrogens is 1. The van der Waals surface area contributed by atoms with Crippen molar-refractivity contribution in [2.45, 2.75) is 20.3 Å². The van der Waals surface area contributed by atoms with Crippen LogP contribution in [-0.4, -0.2) is 22.7 Å². The van der Waals surface area contributed by atoms with Crippen LogP contribution in [0.15, 0.2) is 18.5 Å². The molecule has 0 aliphatic carbocycles. The largest absolute Gasteiger partial charge is 0.492 e. The average molecular weight is 209 g/mol. The standard InChI is InChI=1S/C11H15NO3/c1-3-15-10-5-9(6-12-7-10)4-8(2)11(13)14/h5-8H,3-4H2,1-2H3,(H,13,14). The van der Waals surface area contributed by atoms with Gasteiger partial charge in [-0.15, -0.1) is 0 Å². The number of carboxylic acid groups (broad SMARTS) is 1. The molecular weight excluding hydrogens is 194 g/mol. The van der Waals surface area contributed by atoms with E-state index in [0.717, 1.165) is 5.56 Å². The summed E-state index contributed by atoms with van der Waals surface area (Å²) < 4.78 is 5.28. The summed E-state index contributed by atoms with van der Waals surface area (Å²) in [5.41, 5.74) is 0.885. The van der Waals surface area contributed by atoms with E-state index in [1.807, 2.05) is 13.0 Å². The second kappa shape index (κ2) is 5.34. The van der Waals surface area contributed by atoms with Crippen molar-refractivity contribution in [2.75, 3.05) is 6.61 Å². The number of hydrogen-bond acceptors (Lipinski definition) is 3. The lowest BCUT2D eigenvalue weighted by Gasteiger charge is -2.07. The first-order valence-electron chi connectivity index (χ1n) is 4.93. The predicted octanol–water partition coefficient (Wildman–Crippen LogP) is 1.74. The molecule has 1 heterocycles. The molecule has 1 N–H and O–H groups in total. The second-order valence-electron chi connectivity index (χ2n) is 3.41. The van der Waals surface area contributed by atoms with Gasteiger partial charge in [-0.05, 0) is 25.0 Å². The van der Waals surface area contributed by atoms with Gasteiger partial charge in [0.05, 0.1) is 18.7 Å². The third-order valence-corrected chi connectivity index (χ3v) is 2.04. The monoisotopic (exact) mass is 209 g/mol. The minimum absolute atomic E-state index is 0.399. The van der Waals surface area contributed by atoms with Crippen molar-refractivity contribution in [2.24, 2.45) is 5.92 Å². The molecule has 4 nitrogen and oxygen atoms in total. The Morgan fingerprint density at radius 2 is 2.33 bits per heavy atom. The van der Waals surface area contributed by atoms with Gasteiger partial charge in [0.1, 0.15) is 5.75 Å². The van der Waals surface area contributed by atoms with Gasteiger partial charge in [0.2, 0.25) is 0 Å². The molecule has 82 valence electrons. The molecule has 0 saturated carbocycles. The molecule has 1 rings (SSSR count). The van der Waals surface area contributed by atoms with Gasteiger partial charge < -0.3 is 9.84 Å². The summed E-state index contributed by atoms with van der Waals surface area (Å²) in [5, 5.41) is 8.76. The quantitative estimate of drug-likeness (QED) is 0.802. The van der Waals surface area contributed by atoms with E-state index in [1.165, 1.54) is 0 Å². The molecule has 0 radical (unpaired) electrons. The van der Waals surface area contributed by atoms with Crippen LogP contribution in [0.25, 0.3) is 0 Å². The zero-order valence-corrected chi connectivity index (χ0v) is 8.93. The Bertz CT molecular complexity index is 338. The first-order valence-corrected chi connectivity index (χ1v) is 4.93. The van der Waals surface area contributed by atoms with Crippen molar-refractivity contribution in [3.05, 3.63) is 24.0 Å². The lowest BCUT2D eigenvalue weighted by atomic mass is 10.0. The van der Waals surface area contributed by atoms with Crippen LogP contribution >= 0.6 is 0 Å². The molecule has 4 heteroatoms. The third kappa shape index (κ3) is 3.58. The molecule has 0 amide bonds. The molecule has 1 unspecified atom stereocenters. The Hall–Kier alpha value is -1.58. The molecule has 1 aromatic heterocycles. The first-order chi connectivity index (χ1) is 7.13. The Labute approximate surface area is 88.9 Å². The van der Waals surface area contributed by atoms with Gasteiger partial charge in [0.15, 0.2) is 0 Å². The van der Waals surface area contributed by atoms with Gasteiger partial charge in [-0.1, -0.05) is 6.92 Å². The van der Waals surface area contributed by atoms with E-state index in [9.17, 15) is 4.79 Å². The number of carboxylic acids is 1. The fraction of sp³-hybridized carbons (Fsp3) is 0.455. The SMILES string of the molecule is CCOc1cncc(CC(C)C(=O)O)c1. The van der Waals surface area contributed by atoms with Crippen LogP contribution in [0.3, 0.4) is 0 Å². The molecule has 0 aliphatic heterocycles.